The number of carbonyl (C=O) groups excluding carboxylic acids is 1. The Morgan fingerprint density at radius 3 is 2.58 bits per heavy atom. The number of carbonyl (C=O) groups is 1. The summed E-state index contributed by atoms with van der Waals surface area (Å²) in [5.41, 5.74) is 2.38. The fourth-order valence-electron chi connectivity index (χ4n) is 3.07. The summed E-state index contributed by atoms with van der Waals surface area (Å²) in [5.74, 6) is -0.244. The molecule has 4 nitrogen and oxygen atoms in total. The largest absolute Gasteiger partial charge is 0.335 e. The molecule has 0 bridgehead atoms. The zero-order valence-corrected chi connectivity index (χ0v) is 14.4. The molecule has 2 aromatic carbocycles. The highest BCUT2D eigenvalue weighted by Gasteiger charge is 2.33. The standard InChI is InChI=1S/C21H20FN3O/c22-20-9-5-4-6-17(20)15-24(18-10-11-18)21(26)12-16-13-23-25(14-16)19-7-2-1-3-8-19/h1-9,13-14,18H,10-12,15H2. The van der Waals surface area contributed by atoms with Crippen molar-refractivity contribution in [3.8, 4) is 5.69 Å². The van der Waals surface area contributed by atoms with Crippen molar-refractivity contribution in [3.63, 3.8) is 0 Å². The molecule has 1 aliphatic rings. The zero-order valence-electron chi connectivity index (χ0n) is 14.4. The summed E-state index contributed by atoms with van der Waals surface area (Å²) in [7, 11) is 0. The van der Waals surface area contributed by atoms with E-state index in [-0.39, 0.29) is 24.2 Å². The average molecular weight is 349 g/mol. The van der Waals surface area contributed by atoms with E-state index in [1.807, 2.05) is 36.5 Å². The van der Waals surface area contributed by atoms with Crippen LogP contribution in [0.25, 0.3) is 5.69 Å². The number of amides is 1. The molecule has 3 aromatic rings. The van der Waals surface area contributed by atoms with Crippen molar-refractivity contribution >= 4 is 5.91 Å². The third-order valence-electron chi connectivity index (χ3n) is 4.62. The minimum Gasteiger partial charge on any atom is -0.335 e. The first-order valence-corrected chi connectivity index (χ1v) is 8.82. The molecule has 132 valence electrons. The average Bonchev–Trinajstić information content (AvgIpc) is 3.40. The molecule has 1 aliphatic carbocycles. The summed E-state index contributed by atoms with van der Waals surface area (Å²) >= 11 is 0. The molecule has 0 aliphatic heterocycles. The summed E-state index contributed by atoms with van der Waals surface area (Å²) in [5, 5.41) is 4.34. The van der Waals surface area contributed by atoms with Crippen LogP contribution in [0.4, 0.5) is 4.39 Å². The van der Waals surface area contributed by atoms with Crippen LogP contribution in [0.3, 0.4) is 0 Å². The molecule has 0 radical (unpaired) electrons. The molecular formula is C21H20FN3O. The SMILES string of the molecule is O=C(Cc1cnn(-c2ccccc2)c1)N(Cc1ccccc1F)C1CC1. The van der Waals surface area contributed by atoms with Gasteiger partial charge in [-0.15, -0.1) is 0 Å². The van der Waals surface area contributed by atoms with Crippen molar-refractivity contribution in [2.45, 2.75) is 31.8 Å². The molecular weight excluding hydrogens is 329 g/mol. The first kappa shape index (κ1) is 16.5. The predicted octanol–water partition coefficient (Wildman–Crippen LogP) is 3.75. The molecule has 0 unspecified atom stereocenters. The molecule has 0 spiro atoms. The van der Waals surface area contributed by atoms with E-state index in [1.165, 1.54) is 6.07 Å². The number of aromatic nitrogens is 2. The molecule has 0 saturated heterocycles. The number of halogens is 1. The summed E-state index contributed by atoms with van der Waals surface area (Å²) in [4.78, 5) is 14.6. The second-order valence-electron chi connectivity index (χ2n) is 6.65. The van der Waals surface area contributed by atoms with Gasteiger partial charge in [-0.1, -0.05) is 36.4 Å². The quantitative estimate of drug-likeness (QED) is 0.680. The number of hydrogen-bond donors (Lipinski definition) is 0. The van der Waals surface area contributed by atoms with Gasteiger partial charge in [0, 0.05) is 24.3 Å². The molecule has 1 heterocycles. The van der Waals surface area contributed by atoms with Gasteiger partial charge in [-0.05, 0) is 36.6 Å². The van der Waals surface area contributed by atoms with Gasteiger partial charge in [0.25, 0.3) is 0 Å². The fourth-order valence-corrected chi connectivity index (χ4v) is 3.07. The third-order valence-corrected chi connectivity index (χ3v) is 4.62. The van der Waals surface area contributed by atoms with Gasteiger partial charge in [-0.2, -0.15) is 5.10 Å². The highest BCUT2D eigenvalue weighted by Crippen LogP contribution is 2.29. The van der Waals surface area contributed by atoms with Gasteiger partial charge in [-0.25, -0.2) is 9.07 Å². The van der Waals surface area contributed by atoms with E-state index in [2.05, 4.69) is 5.10 Å². The van der Waals surface area contributed by atoms with Crippen molar-refractivity contribution in [1.29, 1.82) is 0 Å². The van der Waals surface area contributed by atoms with E-state index in [0.717, 1.165) is 24.1 Å². The van der Waals surface area contributed by atoms with Gasteiger partial charge in [0.2, 0.25) is 5.91 Å². The van der Waals surface area contributed by atoms with Gasteiger partial charge in [0.05, 0.1) is 18.3 Å². The van der Waals surface area contributed by atoms with Crippen molar-refractivity contribution in [1.82, 2.24) is 14.7 Å². The van der Waals surface area contributed by atoms with Crippen LogP contribution < -0.4 is 0 Å². The summed E-state index contributed by atoms with van der Waals surface area (Å²) in [6, 6.07) is 16.7. The lowest BCUT2D eigenvalue weighted by molar-refractivity contribution is -0.131. The van der Waals surface area contributed by atoms with Crippen LogP contribution in [-0.4, -0.2) is 26.6 Å². The van der Waals surface area contributed by atoms with Crippen LogP contribution in [0, 0.1) is 5.82 Å². The van der Waals surface area contributed by atoms with E-state index >= 15 is 0 Å². The predicted molar refractivity (Wildman–Crippen MR) is 97.2 cm³/mol. The molecule has 26 heavy (non-hydrogen) atoms. The Balaban J connectivity index is 1.47. The Kier molecular flexibility index (Phi) is 4.52. The van der Waals surface area contributed by atoms with Gasteiger partial charge >= 0.3 is 0 Å². The Labute approximate surface area is 151 Å². The normalized spacial score (nSPS) is 13.6. The Morgan fingerprint density at radius 2 is 1.85 bits per heavy atom. The number of para-hydroxylation sites is 1. The van der Waals surface area contributed by atoms with Crippen LogP contribution in [0.1, 0.15) is 24.0 Å². The highest BCUT2D eigenvalue weighted by molar-refractivity contribution is 5.79. The van der Waals surface area contributed by atoms with Crippen LogP contribution in [0.15, 0.2) is 67.0 Å². The van der Waals surface area contributed by atoms with Gasteiger partial charge in [-0.3, -0.25) is 4.79 Å². The maximum absolute atomic E-state index is 14.0. The molecule has 0 atom stereocenters. The van der Waals surface area contributed by atoms with E-state index < -0.39 is 0 Å². The van der Waals surface area contributed by atoms with Gasteiger partial charge in [0.1, 0.15) is 5.82 Å². The van der Waals surface area contributed by atoms with E-state index in [1.54, 1.807) is 34.0 Å². The lowest BCUT2D eigenvalue weighted by Crippen LogP contribution is -2.34. The molecule has 0 N–H and O–H groups in total. The number of benzene rings is 2. The summed E-state index contributed by atoms with van der Waals surface area (Å²) < 4.78 is 15.7. The van der Waals surface area contributed by atoms with E-state index in [4.69, 9.17) is 0 Å². The molecule has 1 saturated carbocycles. The van der Waals surface area contributed by atoms with Crippen molar-refractivity contribution in [2.75, 3.05) is 0 Å². The van der Waals surface area contributed by atoms with Crippen molar-refractivity contribution in [2.24, 2.45) is 0 Å². The number of nitrogens with zero attached hydrogens (tertiary/aromatic N) is 3. The maximum Gasteiger partial charge on any atom is 0.227 e. The molecule has 1 amide bonds. The van der Waals surface area contributed by atoms with Crippen LogP contribution in [0.5, 0.6) is 0 Å². The molecule has 5 heteroatoms. The molecule has 4 rings (SSSR count). The molecule has 1 fully saturated rings. The van der Waals surface area contributed by atoms with Crippen molar-refractivity contribution < 1.29 is 9.18 Å². The molecule has 1 aromatic heterocycles. The monoisotopic (exact) mass is 349 g/mol. The van der Waals surface area contributed by atoms with Crippen LogP contribution in [-0.2, 0) is 17.8 Å². The Morgan fingerprint density at radius 1 is 1.12 bits per heavy atom. The van der Waals surface area contributed by atoms with Crippen LogP contribution in [0.2, 0.25) is 0 Å². The summed E-state index contributed by atoms with van der Waals surface area (Å²) in [6.45, 7) is 0.322. The fraction of sp³-hybridized carbons (Fsp3) is 0.238. The highest BCUT2D eigenvalue weighted by atomic mass is 19.1. The number of rotatable bonds is 6. The minimum atomic E-state index is -0.261. The third kappa shape index (κ3) is 3.67. The Bertz CT molecular complexity index is 902. The number of hydrogen-bond acceptors (Lipinski definition) is 2. The van der Waals surface area contributed by atoms with Crippen molar-refractivity contribution in [3.05, 3.63) is 83.9 Å². The maximum atomic E-state index is 14.0. The van der Waals surface area contributed by atoms with Crippen LogP contribution >= 0.6 is 0 Å². The van der Waals surface area contributed by atoms with Gasteiger partial charge in [0.15, 0.2) is 0 Å². The second-order valence-corrected chi connectivity index (χ2v) is 6.65. The smallest absolute Gasteiger partial charge is 0.227 e. The zero-order chi connectivity index (χ0) is 17.9. The second kappa shape index (κ2) is 7.12. The van der Waals surface area contributed by atoms with E-state index in [9.17, 15) is 9.18 Å². The lowest BCUT2D eigenvalue weighted by atomic mass is 10.1. The van der Waals surface area contributed by atoms with Gasteiger partial charge < -0.3 is 4.90 Å². The topological polar surface area (TPSA) is 38.1 Å². The lowest BCUT2D eigenvalue weighted by Gasteiger charge is -2.22. The first-order chi connectivity index (χ1) is 12.7. The minimum absolute atomic E-state index is 0.0170. The first-order valence-electron chi connectivity index (χ1n) is 8.82. The summed E-state index contributed by atoms with van der Waals surface area (Å²) in [6.07, 6.45) is 5.85. The van der Waals surface area contributed by atoms with E-state index in [0.29, 0.717) is 12.1 Å². The Hall–Kier alpha value is -2.95.